The quantitative estimate of drug-likeness (QED) is 0.406. The highest BCUT2D eigenvalue weighted by atomic mass is 32.2. The molecule has 4 heterocycles. The van der Waals surface area contributed by atoms with Gasteiger partial charge in [0, 0.05) is 60.5 Å². The molecule has 2 aromatic heterocycles. The van der Waals surface area contributed by atoms with E-state index in [4.69, 9.17) is 9.90 Å². The van der Waals surface area contributed by atoms with Crippen LogP contribution in [0, 0.1) is 5.82 Å². The summed E-state index contributed by atoms with van der Waals surface area (Å²) < 4.78 is 68.2. The molecule has 2 N–H and O–H groups in total. The van der Waals surface area contributed by atoms with Gasteiger partial charge < -0.3 is 19.8 Å². The number of hydrogen-bond acceptors (Lipinski definition) is 8. The van der Waals surface area contributed by atoms with Crippen molar-refractivity contribution in [3.05, 3.63) is 42.0 Å². The number of likely N-dealkylation sites (N-methyl/N-ethyl adjacent to an activating group) is 2. The number of pyridine rings is 2. The molecule has 1 saturated heterocycles. The fraction of sp³-hybridized carbons (Fsp3) is 0.407. The average molecular weight is 607 g/mol. The van der Waals surface area contributed by atoms with Crippen LogP contribution < -0.4 is 14.5 Å². The molecule has 3 aromatic rings. The summed E-state index contributed by atoms with van der Waals surface area (Å²) in [6.45, 7) is 0.795. The summed E-state index contributed by atoms with van der Waals surface area (Å²) in [7, 11) is 0.515. The summed E-state index contributed by atoms with van der Waals surface area (Å²) >= 11 is 0. The highest BCUT2D eigenvalue weighted by molar-refractivity contribution is 7.93. The van der Waals surface area contributed by atoms with Gasteiger partial charge in [-0.15, -0.1) is 0 Å². The topological polar surface area (TPSA) is 136 Å². The summed E-state index contributed by atoms with van der Waals surface area (Å²) in [5.74, 6) is -4.11. The van der Waals surface area contributed by atoms with Gasteiger partial charge in [0.15, 0.2) is 5.82 Å². The molecule has 1 aliphatic carbocycles. The lowest BCUT2D eigenvalue weighted by molar-refractivity contribution is -0.125. The number of alkyl halides is 2. The number of hydrogen-bond donors (Lipinski definition) is 2. The van der Waals surface area contributed by atoms with Crippen molar-refractivity contribution >= 4 is 50.5 Å². The van der Waals surface area contributed by atoms with Crippen LogP contribution >= 0.6 is 0 Å². The van der Waals surface area contributed by atoms with Gasteiger partial charge in [-0.25, -0.2) is 17.8 Å². The van der Waals surface area contributed by atoms with Crippen molar-refractivity contribution in [2.45, 2.75) is 36.5 Å². The first kappa shape index (κ1) is 29.5. The number of amides is 1. The number of sulfonamides is 1. The van der Waals surface area contributed by atoms with Crippen LogP contribution in [0.15, 0.2) is 30.6 Å². The Balaban J connectivity index is 0.00000113. The van der Waals surface area contributed by atoms with E-state index in [0.29, 0.717) is 42.5 Å². The highest BCUT2D eigenvalue weighted by Gasteiger charge is 2.54. The van der Waals surface area contributed by atoms with Gasteiger partial charge in [0.05, 0.1) is 28.5 Å². The maximum Gasteiger partial charge on any atom is 0.355 e. The minimum atomic E-state index is -5.00. The van der Waals surface area contributed by atoms with Gasteiger partial charge in [0.1, 0.15) is 5.82 Å². The van der Waals surface area contributed by atoms with Crippen molar-refractivity contribution in [1.29, 1.82) is 0 Å². The van der Waals surface area contributed by atoms with E-state index < -0.39 is 27.0 Å². The molecular weight excluding hydrogens is 577 g/mol. The molecule has 0 radical (unpaired) electrons. The van der Waals surface area contributed by atoms with Gasteiger partial charge in [0.2, 0.25) is 5.91 Å². The molecule has 1 aromatic carbocycles. The van der Waals surface area contributed by atoms with Gasteiger partial charge in [-0.3, -0.25) is 19.3 Å². The van der Waals surface area contributed by atoms with Crippen LogP contribution in [0.1, 0.15) is 24.8 Å². The van der Waals surface area contributed by atoms with Crippen molar-refractivity contribution in [3.8, 4) is 11.1 Å². The Morgan fingerprint density at radius 1 is 1.17 bits per heavy atom. The van der Waals surface area contributed by atoms with Crippen LogP contribution in [0.3, 0.4) is 0 Å². The lowest BCUT2D eigenvalue weighted by Crippen LogP contribution is -2.57. The van der Waals surface area contributed by atoms with Crippen molar-refractivity contribution in [3.63, 3.8) is 0 Å². The molecular formula is C27H29F3N6O5S. The van der Waals surface area contributed by atoms with Crippen molar-refractivity contribution in [2.75, 3.05) is 48.8 Å². The molecule has 2 aliphatic heterocycles. The monoisotopic (exact) mass is 606 g/mol. The van der Waals surface area contributed by atoms with Crippen molar-refractivity contribution in [2.24, 2.45) is 0 Å². The predicted molar refractivity (Wildman–Crippen MR) is 151 cm³/mol. The number of carbonyl (C=O) groups excluding carboxylic acids is 1. The summed E-state index contributed by atoms with van der Waals surface area (Å²) in [5, 5.41) is 7.51. The summed E-state index contributed by atoms with van der Waals surface area (Å²) in [6, 6.07) is 4.38. The van der Waals surface area contributed by atoms with Gasteiger partial charge in [-0.1, -0.05) is 6.42 Å². The van der Waals surface area contributed by atoms with Gasteiger partial charge in [0.25, 0.3) is 16.5 Å². The minimum absolute atomic E-state index is 0.00999. The number of carboxylic acid groups (broad SMARTS) is 1. The first-order valence-electron chi connectivity index (χ1n) is 13.0. The number of benzene rings is 1. The van der Waals surface area contributed by atoms with Crippen LogP contribution in [-0.2, 0) is 25.0 Å². The highest BCUT2D eigenvalue weighted by Crippen LogP contribution is 2.55. The number of nitrogens with one attached hydrogen (secondary N) is 1. The first-order chi connectivity index (χ1) is 19.8. The van der Waals surface area contributed by atoms with E-state index in [1.54, 1.807) is 29.1 Å². The minimum Gasteiger partial charge on any atom is -0.483 e. The summed E-state index contributed by atoms with van der Waals surface area (Å²) in [6.07, 6.45) is 5.27. The lowest BCUT2D eigenvalue weighted by Gasteiger charge is -2.44. The van der Waals surface area contributed by atoms with E-state index in [9.17, 15) is 22.0 Å². The van der Waals surface area contributed by atoms with E-state index in [2.05, 4.69) is 9.97 Å². The summed E-state index contributed by atoms with van der Waals surface area (Å²) in [4.78, 5) is 35.6. The maximum atomic E-state index is 15.5. The molecule has 0 bridgehead atoms. The zero-order valence-corrected chi connectivity index (χ0v) is 23.8. The number of halogens is 3. The molecule has 1 spiro atoms. The molecule has 1 amide bonds. The van der Waals surface area contributed by atoms with Crippen LogP contribution in [0.25, 0.3) is 22.0 Å². The van der Waals surface area contributed by atoms with E-state index in [1.165, 1.54) is 18.3 Å². The molecule has 15 heteroatoms. The smallest absolute Gasteiger partial charge is 0.355 e. The summed E-state index contributed by atoms with van der Waals surface area (Å²) in [5.41, 5.74) is 1.35. The van der Waals surface area contributed by atoms with Gasteiger partial charge in [-0.05, 0) is 39.1 Å². The first-order valence-corrected chi connectivity index (χ1v) is 14.6. The maximum absolute atomic E-state index is 15.5. The second-order valence-corrected chi connectivity index (χ2v) is 12.4. The average Bonchev–Trinajstić information content (AvgIpc) is 3.10. The zero-order chi connectivity index (χ0) is 30.6. The number of fused-ring (bicyclic) bond motifs is 4. The van der Waals surface area contributed by atoms with Crippen LogP contribution in [-0.4, -0.2) is 86.8 Å². The van der Waals surface area contributed by atoms with Gasteiger partial charge >= 0.3 is 5.76 Å². The molecule has 224 valence electrons. The second-order valence-electron chi connectivity index (χ2n) is 10.8. The Bertz CT molecular complexity index is 1680. The van der Waals surface area contributed by atoms with Crippen LogP contribution in [0.5, 0.6) is 0 Å². The largest absolute Gasteiger partial charge is 0.483 e. The fourth-order valence-corrected chi connectivity index (χ4v) is 6.34. The lowest BCUT2D eigenvalue weighted by atomic mass is 9.64. The van der Waals surface area contributed by atoms with E-state index in [0.717, 1.165) is 12.0 Å². The molecule has 11 nitrogen and oxygen atoms in total. The number of rotatable bonds is 6. The number of carbonyl (C=O) groups is 2. The standard InChI is InChI=1S/C26H27F3N6O3S.CH2O2/c1-33(2)15-12-35(13-15)23-20(32-39(37,38)25(28)29)7-14(10-31-23)16-8-17-19(9-18(16)27)30-11-21-22(17)26(5-4-6-26)24(36)34(21)3;2-1-3/h7-11,15,25,32H,4-6,12-13H2,1-3H3;1H,(H,2,3). The Morgan fingerprint density at radius 2 is 1.83 bits per heavy atom. The number of aromatic nitrogens is 2. The Kier molecular flexibility index (Phi) is 7.51. The third-order valence-electron chi connectivity index (χ3n) is 8.25. The molecule has 42 heavy (non-hydrogen) atoms. The van der Waals surface area contributed by atoms with E-state index in [-0.39, 0.29) is 41.1 Å². The van der Waals surface area contributed by atoms with Crippen molar-refractivity contribution < 1.29 is 36.3 Å². The molecule has 0 unspecified atom stereocenters. The Morgan fingerprint density at radius 3 is 2.40 bits per heavy atom. The van der Waals surface area contributed by atoms with E-state index in [1.807, 2.05) is 23.7 Å². The van der Waals surface area contributed by atoms with Crippen LogP contribution in [0.4, 0.5) is 30.4 Å². The SMILES string of the molecule is CN1C(=O)C2(CCC2)c2c1cnc1cc(F)c(-c3cnc(N4CC(N(C)C)C4)c(NS(=O)(=O)C(F)F)c3)cc21.O=CO. The normalized spacial score (nSPS) is 17.7. The third kappa shape index (κ3) is 4.69. The zero-order valence-electron chi connectivity index (χ0n) is 23.0. The molecule has 3 aliphatic rings. The van der Waals surface area contributed by atoms with E-state index >= 15 is 4.39 Å². The number of nitrogens with zero attached hydrogens (tertiary/aromatic N) is 5. The molecule has 6 rings (SSSR count). The van der Waals surface area contributed by atoms with Gasteiger partial charge in [-0.2, -0.15) is 8.78 Å². The predicted octanol–water partition coefficient (Wildman–Crippen LogP) is 3.25. The number of anilines is 3. The third-order valence-corrected chi connectivity index (χ3v) is 9.23. The Labute approximate surface area is 240 Å². The van der Waals surface area contributed by atoms with Crippen molar-refractivity contribution in [1.82, 2.24) is 14.9 Å². The Hall–Kier alpha value is -3.98. The molecule has 2 fully saturated rings. The second kappa shape index (κ2) is 10.7. The molecule has 1 saturated carbocycles. The van der Waals surface area contributed by atoms with Crippen LogP contribution in [0.2, 0.25) is 0 Å². The fourth-order valence-electron chi connectivity index (χ4n) is 5.80. The molecule has 0 atom stereocenters.